The molecule has 3 aromatic heterocycles. The molecule has 1 aliphatic heterocycles. The molecular weight excluding hydrogens is 362 g/mol. The van der Waals surface area contributed by atoms with Gasteiger partial charge in [-0.2, -0.15) is 5.10 Å². The van der Waals surface area contributed by atoms with E-state index in [9.17, 15) is 0 Å². The molecule has 5 rings (SSSR count). The number of pyridine rings is 2. The highest BCUT2D eigenvalue weighted by Gasteiger charge is 2.27. The van der Waals surface area contributed by atoms with Gasteiger partial charge in [-0.1, -0.05) is 12.1 Å². The zero-order valence-corrected chi connectivity index (χ0v) is 16.4. The van der Waals surface area contributed by atoms with Crippen molar-refractivity contribution in [1.29, 1.82) is 0 Å². The van der Waals surface area contributed by atoms with Crippen molar-refractivity contribution < 1.29 is 4.74 Å². The van der Waals surface area contributed by atoms with Crippen molar-refractivity contribution >= 4 is 5.65 Å². The third kappa shape index (κ3) is 3.71. The molecule has 6 heteroatoms. The largest absolute Gasteiger partial charge is 0.497 e. The highest BCUT2D eigenvalue weighted by molar-refractivity contribution is 5.63. The minimum Gasteiger partial charge on any atom is -0.497 e. The van der Waals surface area contributed by atoms with Crippen molar-refractivity contribution in [3.8, 4) is 16.9 Å². The van der Waals surface area contributed by atoms with E-state index in [0.717, 1.165) is 54.4 Å². The van der Waals surface area contributed by atoms with Gasteiger partial charge in [0.25, 0.3) is 0 Å². The summed E-state index contributed by atoms with van der Waals surface area (Å²) in [6, 6.07) is 16.5. The SMILES string of the molecule is COc1ccc(CN2CC[C@H](c3nc4ccc(-c5ccncc5)cn4n3)C2)cc1. The number of nitrogens with zero attached hydrogens (tertiary/aromatic N) is 5. The summed E-state index contributed by atoms with van der Waals surface area (Å²) in [5.41, 5.74) is 4.44. The Labute approximate surface area is 169 Å². The second kappa shape index (κ2) is 7.64. The summed E-state index contributed by atoms with van der Waals surface area (Å²) in [5, 5.41) is 4.79. The van der Waals surface area contributed by atoms with Gasteiger partial charge >= 0.3 is 0 Å². The molecule has 0 aliphatic carbocycles. The lowest BCUT2D eigenvalue weighted by molar-refractivity contribution is 0.325. The van der Waals surface area contributed by atoms with E-state index in [2.05, 4.69) is 28.1 Å². The van der Waals surface area contributed by atoms with Gasteiger partial charge in [0.15, 0.2) is 11.5 Å². The predicted molar refractivity (Wildman–Crippen MR) is 112 cm³/mol. The van der Waals surface area contributed by atoms with Crippen molar-refractivity contribution in [3.63, 3.8) is 0 Å². The molecular formula is C23H23N5O. The molecule has 1 fully saturated rings. The third-order valence-corrected chi connectivity index (χ3v) is 5.56. The maximum absolute atomic E-state index is 5.24. The van der Waals surface area contributed by atoms with E-state index in [0.29, 0.717) is 5.92 Å². The minimum atomic E-state index is 0.373. The Kier molecular flexibility index (Phi) is 4.69. The van der Waals surface area contributed by atoms with Crippen LogP contribution in [0, 0.1) is 0 Å². The first-order chi connectivity index (χ1) is 14.3. The van der Waals surface area contributed by atoms with E-state index >= 15 is 0 Å². The number of likely N-dealkylation sites (tertiary alicyclic amines) is 1. The van der Waals surface area contributed by atoms with E-state index in [1.54, 1.807) is 7.11 Å². The van der Waals surface area contributed by atoms with Gasteiger partial charge in [-0.15, -0.1) is 0 Å². The van der Waals surface area contributed by atoms with Crippen molar-refractivity contribution in [2.45, 2.75) is 18.9 Å². The fraction of sp³-hybridized carbons (Fsp3) is 0.261. The van der Waals surface area contributed by atoms with Crippen molar-refractivity contribution in [1.82, 2.24) is 24.5 Å². The summed E-state index contributed by atoms with van der Waals surface area (Å²) in [4.78, 5) is 11.4. The Balaban J connectivity index is 1.30. The average molecular weight is 385 g/mol. The standard InChI is InChI=1S/C23H23N5O/c1-29-21-5-2-17(3-6-21)14-27-13-10-20(15-27)23-25-22-7-4-19(16-28(22)26-23)18-8-11-24-12-9-18/h2-9,11-12,16,20H,10,13-15H2,1H3/t20-/m0/s1. The summed E-state index contributed by atoms with van der Waals surface area (Å²) in [5.74, 6) is 2.21. The van der Waals surface area contributed by atoms with E-state index < -0.39 is 0 Å². The van der Waals surface area contributed by atoms with Crippen molar-refractivity contribution in [3.05, 3.63) is 78.5 Å². The summed E-state index contributed by atoms with van der Waals surface area (Å²) >= 11 is 0. The molecule has 0 unspecified atom stereocenters. The lowest BCUT2D eigenvalue weighted by atomic mass is 10.1. The topological polar surface area (TPSA) is 55.5 Å². The second-order valence-electron chi connectivity index (χ2n) is 7.50. The highest BCUT2D eigenvalue weighted by atomic mass is 16.5. The molecule has 1 aromatic carbocycles. The molecule has 0 amide bonds. The van der Waals surface area contributed by atoms with E-state index in [-0.39, 0.29) is 0 Å². The third-order valence-electron chi connectivity index (χ3n) is 5.56. The molecule has 4 heterocycles. The maximum atomic E-state index is 5.24. The van der Waals surface area contributed by atoms with Gasteiger partial charge in [0.2, 0.25) is 0 Å². The van der Waals surface area contributed by atoms with Crippen LogP contribution in [-0.4, -0.2) is 44.7 Å². The first-order valence-corrected chi connectivity index (χ1v) is 9.90. The molecule has 6 nitrogen and oxygen atoms in total. The Bertz CT molecular complexity index is 1110. The minimum absolute atomic E-state index is 0.373. The van der Waals surface area contributed by atoms with Crippen LogP contribution in [0.3, 0.4) is 0 Å². The van der Waals surface area contributed by atoms with Crippen LogP contribution < -0.4 is 4.74 Å². The van der Waals surface area contributed by atoms with Crippen LogP contribution >= 0.6 is 0 Å². The van der Waals surface area contributed by atoms with E-state index in [4.69, 9.17) is 14.8 Å². The fourth-order valence-corrected chi connectivity index (χ4v) is 3.96. The number of aromatic nitrogens is 4. The molecule has 4 aromatic rings. The van der Waals surface area contributed by atoms with Crippen LogP contribution in [0.2, 0.25) is 0 Å². The average Bonchev–Trinajstić information content (AvgIpc) is 3.41. The van der Waals surface area contributed by atoms with Gasteiger partial charge < -0.3 is 4.74 Å². The lowest BCUT2D eigenvalue weighted by Crippen LogP contribution is -2.19. The maximum Gasteiger partial charge on any atom is 0.156 e. The molecule has 0 bridgehead atoms. The quantitative estimate of drug-likeness (QED) is 0.523. The van der Waals surface area contributed by atoms with Gasteiger partial charge in [-0.25, -0.2) is 9.50 Å². The van der Waals surface area contributed by atoms with Crippen LogP contribution in [0.25, 0.3) is 16.8 Å². The van der Waals surface area contributed by atoms with E-state index in [1.165, 1.54) is 5.56 Å². The normalized spacial score (nSPS) is 17.1. The second-order valence-corrected chi connectivity index (χ2v) is 7.50. The number of hydrogen-bond acceptors (Lipinski definition) is 5. The number of benzene rings is 1. The van der Waals surface area contributed by atoms with Crippen LogP contribution in [-0.2, 0) is 6.54 Å². The monoisotopic (exact) mass is 385 g/mol. The number of ether oxygens (including phenoxy) is 1. The highest BCUT2D eigenvalue weighted by Crippen LogP contribution is 2.27. The fourth-order valence-electron chi connectivity index (χ4n) is 3.96. The summed E-state index contributed by atoms with van der Waals surface area (Å²) < 4.78 is 7.14. The Morgan fingerprint density at radius 1 is 1.00 bits per heavy atom. The Morgan fingerprint density at radius 3 is 2.62 bits per heavy atom. The molecule has 0 spiro atoms. The number of rotatable bonds is 5. The zero-order chi connectivity index (χ0) is 19.6. The van der Waals surface area contributed by atoms with Gasteiger partial charge in [0.05, 0.1) is 7.11 Å². The van der Waals surface area contributed by atoms with Crippen LogP contribution in [0.4, 0.5) is 0 Å². The molecule has 0 saturated carbocycles. The lowest BCUT2D eigenvalue weighted by Gasteiger charge is -2.15. The van der Waals surface area contributed by atoms with Crippen molar-refractivity contribution in [2.24, 2.45) is 0 Å². The predicted octanol–water partition coefficient (Wildman–Crippen LogP) is 3.79. The molecule has 146 valence electrons. The smallest absolute Gasteiger partial charge is 0.156 e. The van der Waals surface area contributed by atoms with Gasteiger partial charge in [0, 0.05) is 43.2 Å². The van der Waals surface area contributed by atoms with Gasteiger partial charge in [-0.05, 0) is 60.5 Å². The summed E-state index contributed by atoms with van der Waals surface area (Å²) in [6.45, 7) is 2.99. The molecule has 1 saturated heterocycles. The molecule has 1 atom stereocenters. The van der Waals surface area contributed by atoms with Crippen LogP contribution in [0.15, 0.2) is 67.1 Å². The molecule has 0 N–H and O–H groups in total. The Hall–Kier alpha value is -3.25. The van der Waals surface area contributed by atoms with Crippen LogP contribution in [0.1, 0.15) is 23.7 Å². The zero-order valence-electron chi connectivity index (χ0n) is 16.4. The van der Waals surface area contributed by atoms with Crippen molar-refractivity contribution in [2.75, 3.05) is 20.2 Å². The first kappa shape index (κ1) is 17.8. The summed E-state index contributed by atoms with van der Waals surface area (Å²) in [6.07, 6.45) is 6.75. The molecule has 0 radical (unpaired) electrons. The Morgan fingerprint density at radius 2 is 1.83 bits per heavy atom. The van der Waals surface area contributed by atoms with E-state index in [1.807, 2.05) is 53.4 Å². The first-order valence-electron chi connectivity index (χ1n) is 9.90. The number of methoxy groups -OCH3 is 1. The van der Waals surface area contributed by atoms with Gasteiger partial charge in [-0.3, -0.25) is 9.88 Å². The van der Waals surface area contributed by atoms with Gasteiger partial charge in [0.1, 0.15) is 5.75 Å². The summed E-state index contributed by atoms with van der Waals surface area (Å²) in [7, 11) is 1.70. The number of hydrogen-bond donors (Lipinski definition) is 0. The van der Waals surface area contributed by atoms with Crippen LogP contribution in [0.5, 0.6) is 5.75 Å². The number of fused-ring (bicyclic) bond motifs is 1. The molecule has 1 aliphatic rings. The molecule has 29 heavy (non-hydrogen) atoms.